The Morgan fingerprint density at radius 3 is 2.72 bits per heavy atom. The van der Waals surface area contributed by atoms with E-state index in [-0.39, 0.29) is 10.7 Å². The molecule has 0 saturated heterocycles. The minimum absolute atomic E-state index is 0.105. The Bertz CT molecular complexity index is 483. The van der Waals surface area contributed by atoms with Crippen molar-refractivity contribution in [3.63, 3.8) is 0 Å². The lowest BCUT2D eigenvalue weighted by Crippen LogP contribution is -1.98. The van der Waals surface area contributed by atoms with Gasteiger partial charge in [0.05, 0.1) is 5.56 Å². The summed E-state index contributed by atoms with van der Waals surface area (Å²) in [5.74, 6) is -0.256. The molecular weight excluding hydrogens is 250 g/mol. The summed E-state index contributed by atoms with van der Waals surface area (Å²) in [6, 6.07) is 4.63. The lowest BCUT2D eigenvalue weighted by Gasteiger charge is -2.02. The average molecular weight is 265 g/mol. The minimum Gasteiger partial charge on any atom is -0.478 e. The minimum atomic E-state index is -0.991. The van der Waals surface area contributed by atoms with E-state index in [1.54, 1.807) is 6.07 Å². The number of benzene rings is 1. The van der Waals surface area contributed by atoms with Gasteiger partial charge in [-0.25, -0.2) is 4.79 Å². The van der Waals surface area contributed by atoms with Crippen molar-refractivity contribution in [3.8, 4) is 0 Å². The number of nitrogens with two attached hydrogens (primary N) is 1. The molecule has 3 N–H and O–H groups in total. The van der Waals surface area contributed by atoms with Crippen molar-refractivity contribution in [2.24, 2.45) is 0 Å². The van der Waals surface area contributed by atoms with Crippen LogP contribution in [0.1, 0.15) is 29.3 Å². The van der Waals surface area contributed by atoms with Crippen LogP contribution in [0.3, 0.4) is 0 Å². The first-order chi connectivity index (χ1) is 8.50. The molecule has 5 heteroatoms. The van der Waals surface area contributed by atoms with Crippen LogP contribution >= 0.6 is 11.8 Å². The first kappa shape index (κ1) is 14.3. The molecule has 4 nitrogen and oxygen atoms in total. The van der Waals surface area contributed by atoms with Gasteiger partial charge in [0.1, 0.15) is 0 Å². The van der Waals surface area contributed by atoms with Gasteiger partial charge in [-0.1, -0.05) is 30.0 Å². The number of hydrogen-bond acceptors (Lipinski definition) is 4. The fourth-order valence-corrected chi connectivity index (χ4v) is 1.88. The number of carbonyl (C=O) groups is 2. The van der Waals surface area contributed by atoms with Crippen LogP contribution < -0.4 is 5.73 Å². The van der Waals surface area contributed by atoms with Crippen molar-refractivity contribution in [3.05, 3.63) is 35.4 Å². The fraction of sp³-hybridized carbons (Fsp3) is 0.231. The predicted molar refractivity (Wildman–Crippen MR) is 74.6 cm³/mol. The van der Waals surface area contributed by atoms with Gasteiger partial charge in [-0.3, -0.25) is 4.79 Å². The van der Waals surface area contributed by atoms with Crippen molar-refractivity contribution in [1.29, 1.82) is 0 Å². The fourth-order valence-electron chi connectivity index (χ4n) is 1.34. The number of carboxylic acids is 1. The van der Waals surface area contributed by atoms with Crippen LogP contribution in [0.5, 0.6) is 0 Å². The van der Waals surface area contributed by atoms with Crippen molar-refractivity contribution in [1.82, 2.24) is 0 Å². The molecule has 1 rings (SSSR count). The topological polar surface area (TPSA) is 80.4 Å². The smallest absolute Gasteiger partial charge is 0.335 e. The van der Waals surface area contributed by atoms with Gasteiger partial charge in [-0.15, -0.1) is 0 Å². The second-order valence-electron chi connectivity index (χ2n) is 3.68. The van der Waals surface area contributed by atoms with E-state index in [0.717, 1.165) is 17.7 Å². The molecule has 96 valence electrons. The Morgan fingerprint density at radius 2 is 2.17 bits per heavy atom. The van der Waals surface area contributed by atoms with Gasteiger partial charge in [-0.05, 0) is 24.1 Å². The normalized spacial score (nSPS) is 10.7. The summed E-state index contributed by atoms with van der Waals surface area (Å²) in [6.07, 6.45) is 4.52. The number of carbonyl (C=O) groups excluding carboxylic acids is 1. The second-order valence-corrected chi connectivity index (χ2v) is 4.95. The number of thioether (sulfide) groups is 1. The molecule has 18 heavy (non-hydrogen) atoms. The third-order valence-corrected chi connectivity index (χ3v) is 3.07. The lowest BCUT2D eigenvalue weighted by molar-refractivity contribution is -0.109. The number of rotatable bonds is 5. The highest BCUT2D eigenvalue weighted by atomic mass is 32.2. The number of anilines is 1. The van der Waals surface area contributed by atoms with Crippen molar-refractivity contribution >= 4 is 34.6 Å². The van der Waals surface area contributed by atoms with Crippen LogP contribution in [0.2, 0.25) is 0 Å². The van der Waals surface area contributed by atoms with Crippen LogP contribution in [0.15, 0.2) is 24.3 Å². The summed E-state index contributed by atoms with van der Waals surface area (Å²) in [6.45, 7) is 1.54. The number of aromatic carboxylic acids is 1. The van der Waals surface area contributed by atoms with Gasteiger partial charge in [0, 0.05) is 18.4 Å². The zero-order chi connectivity index (χ0) is 13.5. The molecule has 0 aliphatic rings. The highest BCUT2D eigenvalue weighted by molar-refractivity contribution is 8.13. The molecule has 1 aromatic rings. The molecule has 0 amide bonds. The highest BCUT2D eigenvalue weighted by Gasteiger charge is 2.04. The summed E-state index contributed by atoms with van der Waals surface area (Å²) in [5, 5.41) is 8.90. The van der Waals surface area contributed by atoms with E-state index in [9.17, 15) is 9.59 Å². The molecular formula is C13H15NO3S. The lowest BCUT2D eigenvalue weighted by atomic mass is 10.1. The summed E-state index contributed by atoms with van der Waals surface area (Å²) in [7, 11) is 0. The summed E-state index contributed by atoms with van der Waals surface area (Å²) in [5.41, 5.74) is 7.15. The van der Waals surface area contributed by atoms with E-state index in [2.05, 4.69) is 0 Å². The van der Waals surface area contributed by atoms with Crippen LogP contribution in [0.25, 0.3) is 6.08 Å². The number of hydrogen-bond donors (Lipinski definition) is 2. The average Bonchev–Trinajstić information content (AvgIpc) is 2.29. The Morgan fingerprint density at radius 1 is 1.44 bits per heavy atom. The summed E-state index contributed by atoms with van der Waals surface area (Å²) < 4.78 is 0. The molecule has 0 atom stereocenters. The van der Waals surface area contributed by atoms with E-state index in [4.69, 9.17) is 10.8 Å². The monoisotopic (exact) mass is 265 g/mol. The van der Waals surface area contributed by atoms with Gasteiger partial charge in [-0.2, -0.15) is 0 Å². The molecule has 0 saturated carbocycles. The Hall–Kier alpha value is -1.75. The highest BCUT2D eigenvalue weighted by Crippen LogP contribution is 2.16. The van der Waals surface area contributed by atoms with E-state index in [0.29, 0.717) is 5.69 Å². The third kappa shape index (κ3) is 4.63. The summed E-state index contributed by atoms with van der Waals surface area (Å²) >= 11 is 1.28. The van der Waals surface area contributed by atoms with Gasteiger partial charge in [0.25, 0.3) is 0 Å². The van der Waals surface area contributed by atoms with Gasteiger partial charge < -0.3 is 10.8 Å². The molecule has 0 aliphatic heterocycles. The van der Waals surface area contributed by atoms with E-state index >= 15 is 0 Å². The van der Waals surface area contributed by atoms with Crippen molar-refractivity contribution in [2.45, 2.75) is 13.3 Å². The van der Waals surface area contributed by atoms with Crippen LogP contribution in [0.4, 0.5) is 5.69 Å². The standard InChI is InChI=1S/C13H15NO3S/c1-9(15)18-7-3-2-4-10-5-6-11(13(16)17)8-12(10)14/h2,4-6,8H,3,7,14H2,1H3,(H,16,17). The zero-order valence-corrected chi connectivity index (χ0v) is 10.9. The Labute approximate surface area is 110 Å². The Balaban J connectivity index is 2.59. The predicted octanol–water partition coefficient (Wildman–Crippen LogP) is 2.65. The first-order valence-corrected chi connectivity index (χ1v) is 6.42. The van der Waals surface area contributed by atoms with E-state index in [1.807, 2.05) is 12.2 Å². The first-order valence-electron chi connectivity index (χ1n) is 5.43. The SMILES string of the molecule is CC(=O)SCCC=Cc1ccc(C(=O)O)cc1N. The molecule has 0 aromatic heterocycles. The quantitative estimate of drug-likeness (QED) is 0.632. The summed E-state index contributed by atoms with van der Waals surface area (Å²) in [4.78, 5) is 21.4. The number of carboxylic acid groups (broad SMARTS) is 1. The molecule has 0 aliphatic carbocycles. The number of nitrogen functional groups attached to an aromatic ring is 1. The molecule has 0 spiro atoms. The molecule has 0 radical (unpaired) electrons. The maximum absolute atomic E-state index is 10.7. The third-order valence-electron chi connectivity index (χ3n) is 2.22. The van der Waals surface area contributed by atoms with Gasteiger partial charge >= 0.3 is 5.97 Å². The molecule has 0 fully saturated rings. The van der Waals surface area contributed by atoms with Crippen LogP contribution in [-0.2, 0) is 4.79 Å². The van der Waals surface area contributed by atoms with Gasteiger partial charge in [0.2, 0.25) is 0 Å². The Kier molecular flexibility index (Phi) is 5.45. The zero-order valence-electron chi connectivity index (χ0n) is 10.1. The molecule has 0 bridgehead atoms. The molecule has 0 unspecified atom stereocenters. The maximum Gasteiger partial charge on any atom is 0.335 e. The van der Waals surface area contributed by atoms with Crippen molar-refractivity contribution < 1.29 is 14.7 Å². The number of allylic oxidation sites excluding steroid dienone is 1. The second kappa shape index (κ2) is 6.86. The largest absolute Gasteiger partial charge is 0.478 e. The maximum atomic E-state index is 10.7. The van der Waals surface area contributed by atoms with E-state index < -0.39 is 5.97 Å². The van der Waals surface area contributed by atoms with Crippen molar-refractivity contribution in [2.75, 3.05) is 11.5 Å². The molecule has 1 aromatic carbocycles. The van der Waals surface area contributed by atoms with Crippen LogP contribution in [-0.4, -0.2) is 21.9 Å². The van der Waals surface area contributed by atoms with E-state index in [1.165, 1.54) is 30.8 Å². The van der Waals surface area contributed by atoms with Crippen LogP contribution in [0, 0.1) is 0 Å². The van der Waals surface area contributed by atoms with Gasteiger partial charge in [0.15, 0.2) is 5.12 Å². The molecule has 0 heterocycles.